The van der Waals surface area contributed by atoms with Gasteiger partial charge in [0, 0.05) is 39.2 Å². The Kier molecular flexibility index (Phi) is 7.04. The van der Waals surface area contributed by atoms with Crippen molar-refractivity contribution < 1.29 is 4.74 Å². The molecular weight excluding hydrogens is 365 g/mol. The molecule has 0 aromatic heterocycles. The normalized spacial score (nSPS) is 27.9. The molecule has 1 heterocycles. The van der Waals surface area contributed by atoms with Gasteiger partial charge < -0.3 is 15.0 Å². The fraction of sp³-hybridized carbons (Fsp3) is 0.933. The van der Waals surface area contributed by atoms with E-state index in [1.807, 2.05) is 0 Å². The summed E-state index contributed by atoms with van der Waals surface area (Å²) >= 11 is 0. The molecule has 20 heavy (non-hydrogen) atoms. The maximum Gasteiger partial charge on any atom is 0.193 e. The standard InChI is InChI=1S/C15H29N3O.HI/c1-5-16-14(17-9-13-8-15(13,2)3)18(4)10-12-6-7-19-11-12;/h12-13H,5-11H2,1-4H3,(H,16,17);1H. The first-order valence-electron chi connectivity index (χ1n) is 7.60. The first-order chi connectivity index (χ1) is 9.03. The number of aliphatic imine (C=N–C) groups is 1. The lowest BCUT2D eigenvalue weighted by molar-refractivity contribution is 0.181. The Hall–Kier alpha value is -0.0400. The summed E-state index contributed by atoms with van der Waals surface area (Å²) in [6.07, 6.45) is 2.50. The molecule has 0 aromatic carbocycles. The van der Waals surface area contributed by atoms with E-state index in [1.165, 1.54) is 12.8 Å². The van der Waals surface area contributed by atoms with Crippen LogP contribution >= 0.6 is 24.0 Å². The third kappa shape index (κ3) is 5.06. The number of rotatable bonds is 5. The van der Waals surface area contributed by atoms with Crippen LogP contribution < -0.4 is 5.32 Å². The highest BCUT2D eigenvalue weighted by Crippen LogP contribution is 2.51. The highest BCUT2D eigenvalue weighted by Gasteiger charge is 2.45. The maximum atomic E-state index is 5.45. The molecule has 2 unspecified atom stereocenters. The SMILES string of the molecule is CCNC(=NCC1CC1(C)C)N(C)CC1CCOC1.I. The molecule has 2 rings (SSSR count). The molecule has 1 aliphatic heterocycles. The third-order valence-corrected chi connectivity index (χ3v) is 4.43. The molecule has 0 amide bonds. The van der Waals surface area contributed by atoms with Gasteiger partial charge in [-0.15, -0.1) is 24.0 Å². The average molecular weight is 395 g/mol. The Morgan fingerprint density at radius 2 is 2.15 bits per heavy atom. The third-order valence-electron chi connectivity index (χ3n) is 4.43. The van der Waals surface area contributed by atoms with E-state index in [0.29, 0.717) is 11.3 Å². The number of nitrogens with one attached hydrogen (secondary N) is 1. The minimum absolute atomic E-state index is 0. The summed E-state index contributed by atoms with van der Waals surface area (Å²) in [5, 5.41) is 3.40. The molecule has 4 nitrogen and oxygen atoms in total. The maximum absolute atomic E-state index is 5.45. The van der Waals surface area contributed by atoms with Crippen LogP contribution in [0.3, 0.4) is 0 Å². The van der Waals surface area contributed by atoms with Crippen molar-refractivity contribution in [3.8, 4) is 0 Å². The summed E-state index contributed by atoms with van der Waals surface area (Å²) < 4.78 is 5.45. The molecule has 0 bridgehead atoms. The molecule has 1 aliphatic carbocycles. The molecule has 5 heteroatoms. The Bertz CT molecular complexity index is 327. The van der Waals surface area contributed by atoms with Crippen LogP contribution in [-0.2, 0) is 4.74 Å². The molecule has 2 fully saturated rings. The average Bonchev–Trinajstić information content (AvgIpc) is 2.78. The number of hydrogen-bond donors (Lipinski definition) is 1. The van der Waals surface area contributed by atoms with Crippen LogP contribution in [0.5, 0.6) is 0 Å². The van der Waals surface area contributed by atoms with Crippen molar-refractivity contribution in [2.75, 3.05) is 39.9 Å². The fourth-order valence-electron chi connectivity index (χ4n) is 2.76. The highest BCUT2D eigenvalue weighted by atomic mass is 127. The van der Waals surface area contributed by atoms with Crippen LogP contribution in [0.2, 0.25) is 0 Å². The zero-order chi connectivity index (χ0) is 13.9. The number of guanidine groups is 1. The van der Waals surface area contributed by atoms with E-state index >= 15 is 0 Å². The van der Waals surface area contributed by atoms with E-state index in [1.54, 1.807) is 0 Å². The fourth-order valence-corrected chi connectivity index (χ4v) is 2.76. The molecule has 0 aromatic rings. The van der Waals surface area contributed by atoms with Gasteiger partial charge in [-0.25, -0.2) is 0 Å². The van der Waals surface area contributed by atoms with Gasteiger partial charge in [0.05, 0.1) is 6.61 Å². The van der Waals surface area contributed by atoms with Crippen molar-refractivity contribution in [3.05, 3.63) is 0 Å². The molecule has 0 radical (unpaired) electrons. The minimum Gasteiger partial charge on any atom is -0.381 e. The van der Waals surface area contributed by atoms with Gasteiger partial charge in [0.1, 0.15) is 0 Å². The van der Waals surface area contributed by atoms with Crippen LogP contribution in [-0.4, -0.2) is 50.8 Å². The Labute approximate surface area is 140 Å². The smallest absolute Gasteiger partial charge is 0.193 e. The van der Waals surface area contributed by atoms with Crippen molar-refractivity contribution in [1.82, 2.24) is 10.2 Å². The highest BCUT2D eigenvalue weighted by molar-refractivity contribution is 14.0. The van der Waals surface area contributed by atoms with E-state index in [0.717, 1.165) is 44.7 Å². The second-order valence-electron chi connectivity index (χ2n) is 6.69. The molecule has 2 atom stereocenters. The summed E-state index contributed by atoms with van der Waals surface area (Å²) in [6.45, 7) is 11.5. The topological polar surface area (TPSA) is 36.9 Å². The van der Waals surface area contributed by atoms with Crippen molar-refractivity contribution >= 4 is 29.9 Å². The van der Waals surface area contributed by atoms with E-state index in [2.05, 4.69) is 38.0 Å². The van der Waals surface area contributed by atoms with Gasteiger partial charge in [0.25, 0.3) is 0 Å². The van der Waals surface area contributed by atoms with Gasteiger partial charge >= 0.3 is 0 Å². The zero-order valence-electron chi connectivity index (χ0n) is 13.3. The van der Waals surface area contributed by atoms with E-state index in [-0.39, 0.29) is 24.0 Å². The lowest BCUT2D eigenvalue weighted by Crippen LogP contribution is -2.41. The zero-order valence-corrected chi connectivity index (χ0v) is 15.6. The lowest BCUT2D eigenvalue weighted by Gasteiger charge is -2.24. The molecule has 1 saturated carbocycles. The molecule has 1 N–H and O–H groups in total. The molecule has 118 valence electrons. The van der Waals surface area contributed by atoms with Crippen LogP contribution in [0.15, 0.2) is 4.99 Å². The van der Waals surface area contributed by atoms with E-state index in [4.69, 9.17) is 9.73 Å². The Balaban J connectivity index is 0.00000200. The van der Waals surface area contributed by atoms with Gasteiger partial charge in [-0.1, -0.05) is 13.8 Å². The summed E-state index contributed by atoms with van der Waals surface area (Å²) in [4.78, 5) is 7.07. The number of ether oxygens (including phenoxy) is 1. The summed E-state index contributed by atoms with van der Waals surface area (Å²) in [6, 6.07) is 0. The molecule has 1 saturated heterocycles. The summed E-state index contributed by atoms with van der Waals surface area (Å²) in [5.74, 6) is 2.48. The van der Waals surface area contributed by atoms with Crippen molar-refractivity contribution in [3.63, 3.8) is 0 Å². The first kappa shape index (κ1) is 18.0. The largest absolute Gasteiger partial charge is 0.381 e. The van der Waals surface area contributed by atoms with Crippen LogP contribution in [0, 0.1) is 17.3 Å². The first-order valence-corrected chi connectivity index (χ1v) is 7.60. The Morgan fingerprint density at radius 1 is 1.45 bits per heavy atom. The van der Waals surface area contributed by atoms with Gasteiger partial charge in [-0.05, 0) is 31.1 Å². The van der Waals surface area contributed by atoms with Crippen molar-refractivity contribution in [2.45, 2.75) is 33.6 Å². The second-order valence-corrected chi connectivity index (χ2v) is 6.69. The molecule has 2 aliphatic rings. The van der Waals surface area contributed by atoms with Crippen LogP contribution in [0.25, 0.3) is 0 Å². The predicted molar refractivity (Wildman–Crippen MR) is 94.8 cm³/mol. The predicted octanol–water partition coefficient (Wildman–Crippen LogP) is 2.58. The molecular formula is C15H30IN3O. The molecule has 0 spiro atoms. The van der Waals surface area contributed by atoms with Gasteiger partial charge in [-0.2, -0.15) is 0 Å². The van der Waals surface area contributed by atoms with E-state index < -0.39 is 0 Å². The number of hydrogen-bond acceptors (Lipinski definition) is 2. The van der Waals surface area contributed by atoms with E-state index in [9.17, 15) is 0 Å². The number of halogens is 1. The van der Waals surface area contributed by atoms with Crippen LogP contribution in [0.4, 0.5) is 0 Å². The monoisotopic (exact) mass is 395 g/mol. The summed E-state index contributed by atoms with van der Waals surface area (Å²) in [5.41, 5.74) is 0.513. The summed E-state index contributed by atoms with van der Waals surface area (Å²) in [7, 11) is 2.14. The van der Waals surface area contributed by atoms with Gasteiger partial charge in [0.2, 0.25) is 0 Å². The lowest BCUT2D eigenvalue weighted by atomic mass is 10.1. The number of nitrogens with zero attached hydrogens (tertiary/aromatic N) is 2. The van der Waals surface area contributed by atoms with Gasteiger partial charge in [-0.3, -0.25) is 4.99 Å². The van der Waals surface area contributed by atoms with Crippen LogP contribution in [0.1, 0.15) is 33.6 Å². The minimum atomic E-state index is 0. The second kappa shape index (κ2) is 7.82. The van der Waals surface area contributed by atoms with Gasteiger partial charge in [0.15, 0.2) is 5.96 Å². The van der Waals surface area contributed by atoms with Crippen molar-refractivity contribution in [1.29, 1.82) is 0 Å². The Morgan fingerprint density at radius 3 is 2.65 bits per heavy atom. The quantitative estimate of drug-likeness (QED) is 0.442. The van der Waals surface area contributed by atoms with Crippen molar-refractivity contribution in [2.24, 2.45) is 22.2 Å².